The smallest absolute Gasteiger partial charge is 0.266 e. The number of aromatic nitrogens is 5. The van der Waals surface area contributed by atoms with Gasteiger partial charge < -0.3 is 9.09 Å². The molecule has 0 saturated carbocycles. The third kappa shape index (κ3) is 3.20. The summed E-state index contributed by atoms with van der Waals surface area (Å²) in [6.07, 6.45) is 4.99. The van der Waals surface area contributed by atoms with Crippen molar-refractivity contribution in [2.45, 2.75) is 30.5 Å². The number of pyridine rings is 1. The molecule has 0 spiro atoms. The molecule has 9 nitrogen and oxygen atoms in total. The largest absolute Gasteiger partial charge is 0.337 e. The van der Waals surface area contributed by atoms with Crippen LogP contribution in [0.4, 0.5) is 4.39 Å². The van der Waals surface area contributed by atoms with E-state index < -0.39 is 22.2 Å². The van der Waals surface area contributed by atoms with E-state index in [9.17, 15) is 8.42 Å². The average Bonchev–Trinajstić information content (AvgIpc) is 3.31. The highest BCUT2D eigenvalue weighted by molar-refractivity contribution is 7.89. The van der Waals surface area contributed by atoms with E-state index in [2.05, 4.69) is 20.1 Å². The van der Waals surface area contributed by atoms with Gasteiger partial charge in [0, 0.05) is 37.7 Å². The molecule has 0 amide bonds. The topological polar surface area (TPSA) is 107 Å². The SMILES string of the molecule is Cc1nc(S(=O)(=O)N2CCCC(F)(c3nc(-c4ccncc4)no3)C2)cn1C. The minimum Gasteiger partial charge on any atom is -0.337 e. The molecular formula is C17H19FN6O3S. The van der Waals surface area contributed by atoms with E-state index in [1.165, 1.54) is 6.20 Å². The van der Waals surface area contributed by atoms with E-state index in [1.54, 1.807) is 43.1 Å². The van der Waals surface area contributed by atoms with E-state index >= 15 is 4.39 Å². The highest BCUT2D eigenvalue weighted by Crippen LogP contribution is 2.37. The molecule has 1 atom stereocenters. The molecule has 1 aliphatic rings. The van der Waals surface area contributed by atoms with Crippen molar-refractivity contribution < 1.29 is 17.3 Å². The third-order valence-electron chi connectivity index (χ3n) is 4.85. The fourth-order valence-electron chi connectivity index (χ4n) is 3.16. The summed E-state index contributed by atoms with van der Waals surface area (Å²) < 4.78 is 49.3. The zero-order chi connectivity index (χ0) is 19.9. The zero-order valence-electron chi connectivity index (χ0n) is 15.4. The van der Waals surface area contributed by atoms with Gasteiger partial charge in [-0.1, -0.05) is 5.16 Å². The van der Waals surface area contributed by atoms with Crippen LogP contribution in [0.5, 0.6) is 0 Å². The van der Waals surface area contributed by atoms with Gasteiger partial charge in [-0.25, -0.2) is 17.8 Å². The molecule has 1 unspecified atom stereocenters. The number of nitrogens with zero attached hydrogens (tertiary/aromatic N) is 6. The van der Waals surface area contributed by atoms with Gasteiger partial charge in [0.05, 0.1) is 6.54 Å². The monoisotopic (exact) mass is 406 g/mol. The van der Waals surface area contributed by atoms with Gasteiger partial charge in [-0.05, 0) is 31.9 Å². The standard InChI is InChI=1S/C17H19FN6O3S/c1-12-20-14(10-23(12)2)28(25,26)24-9-3-6-17(18,11-24)16-21-15(22-27-16)13-4-7-19-8-5-13/h4-5,7-8,10H,3,6,9,11H2,1-2H3. The normalized spacial score (nSPS) is 21.1. The van der Waals surface area contributed by atoms with Gasteiger partial charge in [-0.2, -0.15) is 9.29 Å². The second-order valence-electron chi connectivity index (χ2n) is 6.80. The molecule has 4 rings (SSSR count). The van der Waals surface area contributed by atoms with Crippen LogP contribution in [-0.2, 0) is 22.7 Å². The predicted molar refractivity (Wildman–Crippen MR) is 96.3 cm³/mol. The Morgan fingerprint density at radius 2 is 2.00 bits per heavy atom. The van der Waals surface area contributed by atoms with Crippen molar-refractivity contribution in [1.29, 1.82) is 0 Å². The Morgan fingerprint density at radius 1 is 1.25 bits per heavy atom. The molecule has 28 heavy (non-hydrogen) atoms. The second kappa shape index (κ2) is 6.74. The number of imidazole rings is 1. The van der Waals surface area contributed by atoms with E-state index in [0.717, 1.165) is 4.31 Å². The highest BCUT2D eigenvalue weighted by atomic mass is 32.2. The molecule has 1 fully saturated rings. The maximum Gasteiger partial charge on any atom is 0.266 e. The maximum absolute atomic E-state index is 15.7. The first-order valence-corrected chi connectivity index (χ1v) is 10.2. The fourth-order valence-corrected chi connectivity index (χ4v) is 4.71. The van der Waals surface area contributed by atoms with Crippen molar-refractivity contribution in [1.82, 2.24) is 29.0 Å². The summed E-state index contributed by atoms with van der Waals surface area (Å²) in [6, 6.07) is 3.36. The third-order valence-corrected chi connectivity index (χ3v) is 6.56. The number of hydrogen-bond acceptors (Lipinski definition) is 7. The molecule has 3 aromatic rings. The lowest BCUT2D eigenvalue weighted by molar-refractivity contribution is 0.0469. The van der Waals surface area contributed by atoms with Crippen LogP contribution in [0.15, 0.2) is 40.3 Å². The van der Waals surface area contributed by atoms with Crippen molar-refractivity contribution in [2.24, 2.45) is 7.05 Å². The van der Waals surface area contributed by atoms with Crippen molar-refractivity contribution in [2.75, 3.05) is 13.1 Å². The summed E-state index contributed by atoms with van der Waals surface area (Å²) in [5, 5.41) is 3.73. The number of halogens is 1. The molecule has 4 heterocycles. The molecule has 1 aliphatic heterocycles. The van der Waals surface area contributed by atoms with Crippen LogP contribution in [-0.4, -0.2) is 50.5 Å². The fraction of sp³-hybridized carbons (Fsp3) is 0.412. The van der Waals surface area contributed by atoms with Crippen LogP contribution in [0.3, 0.4) is 0 Å². The number of hydrogen-bond donors (Lipinski definition) is 0. The molecule has 11 heteroatoms. The Labute approximate surface area is 161 Å². The van der Waals surface area contributed by atoms with Gasteiger partial charge in [0.25, 0.3) is 15.9 Å². The summed E-state index contributed by atoms with van der Waals surface area (Å²) in [6.45, 7) is 1.51. The number of rotatable bonds is 4. The Morgan fingerprint density at radius 3 is 2.68 bits per heavy atom. The van der Waals surface area contributed by atoms with E-state index in [1.807, 2.05) is 0 Å². The van der Waals surface area contributed by atoms with Crippen molar-refractivity contribution in [3.63, 3.8) is 0 Å². The average molecular weight is 406 g/mol. The summed E-state index contributed by atoms with van der Waals surface area (Å²) >= 11 is 0. The predicted octanol–water partition coefficient (Wildman–Crippen LogP) is 1.82. The van der Waals surface area contributed by atoms with Gasteiger partial charge in [-0.15, -0.1) is 0 Å². The number of piperidine rings is 1. The molecule has 0 aliphatic carbocycles. The number of alkyl halides is 1. The molecule has 1 saturated heterocycles. The second-order valence-corrected chi connectivity index (χ2v) is 8.69. The summed E-state index contributed by atoms with van der Waals surface area (Å²) in [5.74, 6) is 0.562. The molecule has 0 aromatic carbocycles. The Balaban J connectivity index is 1.62. The maximum atomic E-state index is 15.7. The van der Waals surface area contributed by atoms with Crippen LogP contribution in [0.1, 0.15) is 24.6 Å². The number of aryl methyl sites for hydroxylation is 2. The Kier molecular flexibility index (Phi) is 4.50. The first kappa shape index (κ1) is 18.7. The summed E-state index contributed by atoms with van der Waals surface area (Å²) in [4.78, 5) is 12.2. The van der Waals surface area contributed by atoms with Gasteiger partial charge in [0.15, 0.2) is 5.03 Å². The van der Waals surface area contributed by atoms with E-state index in [-0.39, 0.29) is 29.7 Å². The number of sulfonamides is 1. The van der Waals surface area contributed by atoms with Crippen molar-refractivity contribution in [3.05, 3.63) is 42.4 Å². The minimum absolute atomic E-state index is 0.0955. The Hall–Kier alpha value is -2.66. The lowest BCUT2D eigenvalue weighted by Gasteiger charge is -2.33. The van der Waals surface area contributed by atoms with Crippen LogP contribution in [0.2, 0.25) is 0 Å². The zero-order valence-corrected chi connectivity index (χ0v) is 16.2. The molecule has 3 aromatic heterocycles. The van der Waals surface area contributed by atoms with Crippen LogP contribution >= 0.6 is 0 Å². The van der Waals surface area contributed by atoms with Crippen LogP contribution in [0, 0.1) is 6.92 Å². The molecule has 0 radical (unpaired) electrons. The van der Waals surface area contributed by atoms with Gasteiger partial charge in [-0.3, -0.25) is 4.98 Å². The molecule has 148 valence electrons. The highest BCUT2D eigenvalue weighted by Gasteiger charge is 2.46. The first-order valence-electron chi connectivity index (χ1n) is 8.73. The van der Waals surface area contributed by atoms with Gasteiger partial charge >= 0.3 is 0 Å². The summed E-state index contributed by atoms with van der Waals surface area (Å²) in [7, 11) is -2.22. The molecular weight excluding hydrogens is 387 g/mol. The quantitative estimate of drug-likeness (QED) is 0.650. The molecule has 0 N–H and O–H groups in total. The Bertz CT molecular complexity index is 1080. The minimum atomic E-state index is -3.92. The van der Waals surface area contributed by atoms with Crippen molar-refractivity contribution in [3.8, 4) is 11.4 Å². The molecule has 0 bridgehead atoms. The van der Waals surface area contributed by atoms with Crippen LogP contribution in [0.25, 0.3) is 11.4 Å². The van der Waals surface area contributed by atoms with Crippen LogP contribution < -0.4 is 0 Å². The van der Waals surface area contributed by atoms with E-state index in [4.69, 9.17) is 4.52 Å². The van der Waals surface area contributed by atoms with E-state index in [0.29, 0.717) is 17.8 Å². The lowest BCUT2D eigenvalue weighted by Crippen LogP contribution is -2.46. The van der Waals surface area contributed by atoms with Crippen molar-refractivity contribution >= 4 is 10.0 Å². The lowest BCUT2D eigenvalue weighted by atomic mass is 9.96. The first-order chi connectivity index (χ1) is 13.3. The van der Waals surface area contributed by atoms with Gasteiger partial charge in [0.2, 0.25) is 11.5 Å². The summed E-state index contributed by atoms with van der Waals surface area (Å²) in [5.41, 5.74) is -1.43. The van der Waals surface area contributed by atoms with Gasteiger partial charge in [0.1, 0.15) is 5.82 Å².